The fourth-order valence-corrected chi connectivity index (χ4v) is 4.10. The highest BCUT2D eigenvalue weighted by molar-refractivity contribution is 7.80. The normalized spacial score (nSPS) is 18.3. The topological polar surface area (TPSA) is 73.1 Å². The molecule has 1 fully saturated rings. The minimum atomic E-state index is -0.0862. The van der Waals surface area contributed by atoms with Gasteiger partial charge in [0.2, 0.25) is 5.91 Å². The molecular weight excluding hydrogens is 394 g/mol. The van der Waals surface area contributed by atoms with Crippen molar-refractivity contribution < 1.29 is 4.79 Å². The lowest BCUT2D eigenvalue weighted by Crippen LogP contribution is -2.32. The number of rotatable bonds is 6. The maximum Gasteiger partial charge on any atom is 0.226 e. The third-order valence-corrected chi connectivity index (χ3v) is 5.64. The summed E-state index contributed by atoms with van der Waals surface area (Å²) in [5, 5.41) is 6.99. The largest absolute Gasteiger partial charge is 0.361 e. The van der Waals surface area contributed by atoms with E-state index in [1.165, 1.54) is 0 Å². The number of H-pyrrole nitrogens is 1. The van der Waals surface area contributed by atoms with Crippen LogP contribution in [0.3, 0.4) is 0 Å². The predicted molar refractivity (Wildman–Crippen MR) is 122 cm³/mol. The first-order valence-corrected chi connectivity index (χ1v) is 10.4. The fraction of sp³-hybridized carbons (Fsp3) is 0.261. The Morgan fingerprint density at radius 2 is 1.93 bits per heavy atom. The van der Waals surface area contributed by atoms with Gasteiger partial charge in [0, 0.05) is 36.2 Å². The highest BCUT2D eigenvalue weighted by atomic mass is 32.1. The van der Waals surface area contributed by atoms with E-state index in [0.29, 0.717) is 18.1 Å². The fourth-order valence-electron chi connectivity index (χ4n) is 3.77. The van der Waals surface area contributed by atoms with Gasteiger partial charge in [0.1, 0.15) is 0 Å². The molecule has 1 saturated heterocycles. The van der Waals surface area contributed by atoms with Crippen LogP contribution in [0.4, 0.5) is 5.69 Å². The summed E-state index contributed by atoms with van der Waals surface area (Å²) in [5.74, 6) is -0.0376. The van der Waals surface area contributed by atoms with Crippen LogP contribution in [0.1, 0.15) is 41.1 Å². The van der Waals surface area contributed by atoms with E-state index in [9.17, 15) is 4.79 Å². The molecule has 3 N–H and O–H groups in total. The van der Waals surface area contributed by atoms with Crippen LogP contribution in [-0.4, -0.2) is 32.4 Å². The number of nitrogens with zero attached hydrogens (tertiary/aromatic N) is 2. The van der Waals surface area contributed by atoms with Crippen molar-refractivity contribution in [3.05, 3.63) is 83.4 Å². The smallest absolute Gasteiger partial charge is 0.226 e. The van der Waals surface area contributed by atoms with Gasteiger partial charge in [-0.05, 0) is 62.5 Å². The second-order valence-electron chi connectivity index (χ2n) is 7.58. The lowest BCUT2D eigenvalue weighted by molar-refractivity contribution is -0.116. The molecule has 1 aliphatic rings. The number of pyridine rings is 1. The third kappa shape index (κ3) is 4.36. The van der Waals surface area contributed by atoms with Gasteiger partial charge >= 0.3 is 0 Å². The van der Waals surface area contributed by atoms with E-state index in [1.807, 2.05) is 56.3 Å². The van der Waals surface area contributed by atoms with Crippen LogP contribution < -0.4 is 10.6 Å². The minimum absolute atomic E-state index is 0.0376. The number of carbonyl (C=O) groups excluding carboxylic acids is 1. The van der Waals surface area contributed by atoms with Gasteiger partial charge in [0.25, 0.3) is 0 Å². The van der Waals surface area contributed by atoms with E-state index < -0.39 is 0 Å². The highest BCUT2D eigenvalue weighted by Crippen LogP contribution is 2.38. The van der Waals surface area contributed by atoms with Crippen LogP contribution in [0.5, 0.6) is 0 Å². The zero-order valence-electron chi connectivity index (χ0n) is 17.1. The Balaban J connectivity index is 1.51. The molecule has 7 heteroatoms. The summed E-state index contributed by atoms with van der Waals surface area (Å²) in [4.78, 5) is 22.6. The van der Waals surface area contributed by atoms with Crippen LogP contribution in [0.15, 0.2) is 60.8 Å². The van der Waals surface area contributed by atoms with Crippen molar-refractivity contribution in [2.24, 2.45) is 0 Å². The zero-order valence-corrected chi connectivity index (χ0v) is 17.9. The quantitative estimate of drug-likeness (QED) is 0.526. The number of anilines is 1. The van der Waals surface area contributed by atoms with Crippen molar-refractivity contribution >= 4 is 28.9 Å². The molecule has 0 spiro atoms. The van der Waals surface area contributed by atoms with Crippen LogP contribution in [0.25, 0.3) is 0 Å². The predicted octanol–water partition coefficient (Wildman–Crippen LogP) is 4.03. The molecule has 0 bridgehead atoms. The molecule has 30 heavy (non-hydrogen) atoms. The standard InChI is InChI=1S/C23H25N5OS/c1-15-6-9-17(10-7-15)26-20(29)12-14-28-22(19-11-8-16(2)25-19)21(27-23(28)30)18-5-3-4-13-24-18/h3-11,13,21-22,25H,12,14H2,1-2H3,(H,26,29)(H,27,30). The van der Waals surface area contributed by atoms with Crippen LogP contribution >= 0.6 is 12.2 Å². The molecule has 2 atom stereocenters. The molecule has 1 aromatic carbocycles. The SMILES string of the molecule is Cc1ccc(NC(=O)CCN2C(=S)NC(c3ccccn3)C2c2ccc(C)[nH]2)cc1. The number of amides is 1. The molecule has 0 aliphatic carbocycles. The minimum Gasteiger partial charge on any atom is -0.361 e. The second kappa shape index (κ2) is 8.67. The Labute approximate surface area is 181 Å². The number of carbonyl (C=O) groups is 1. The number of aromatic amines is 1. The molecular formula is C23H25N5OS. The van der Waals surface area contributed by atoms with Crippen molar-refractivity contribution in [1.82, 2.24) is 20.2 Å². The number of thiocarbonyl (C=S) groups is 1. The van der Waals surface area contributed by atoms with Gasteiger partial charge in [0.15, 0.2) is 5.11 Å². The Morgan fingerprint density at radius 3 is 2.60 bits per heavy atom. The maximum atomic E-state index is 12.5. The number of hydrogen-bond acceptors (Lipinski definition) is 3. The molecule has 0 radical (unpaired) electrons. The lowest BCUT2D eigenvalue weighted by Gasteiger charge is -2.26. The van der Waals surface area contributed by atoms with Gasteiger partial charge in [-0.2, -0.15) is 0 Å². The van der Waals surface area contributed by atoms with Gasteiger partial charge < -0.3 is 20.5 Å². The third-order valence-electron chi connectivity index (χ3n) is 5.29. The maximum absolute atomic E-state index is 12.5. The lowest BCUT2D eigenvalue weighted by atomic mass is 10.0. The van der Waals surface area contributed by atoms with E-state index in [2.05, 4.69) is 37.6 Å². The highest BCUT2D eigenvalue weighted by Gasteiger charge is 2.40. The Kier molecular flexibility index (Phi) is 5.81. The van der Waals surface area contributed by atoms with E-state index in [4.69, 9.17) is 12.2 Å². The van der Waals surface area contributed by atoms with Crippen molar-refractivity contribution in [2.75, 3.05) is 11.9 Å². The molecule has 1 amide bonds. The zero-order chi connectivity index (χ0) is 21.1. The number of aromatic nitrogens is 2. The summed E-state index contributed by atoms with van der Waals surface area (Å²) < 4.78 is 0. The Hall–Kier alpha value is -3.19. The van der Waals surface area contributed by atoms with E-state index in [-0.39, 0.29) is 18.0 Å². The first-order valence-electron chi connectivity index (χ1n) is 10.0. The molecule has 4 rings (SSSR count). The van der Waals surface area contributed by atoms with Crippen molar-refractivity contribution in [1.29, 1.82) is 0 Å². The summed E-state index contributed by atoms with van der Waals surface area (Å²) in [6.45, 7) is 4.56. The molecule has 0 saturated carbocycles. The number of hydrogen-bond donors (Lipinski definition) is 3. The van der Waals surface area contributed by atoms with E-state index in [1.54, 1.807) is 6.20 Å². The Bertz CT molecular complexity index is 1030. The summed E-state index contributed by atoms with van der Waals surface area (Å²) in [6.07, 6.45) is 2.12. The summed E-state index contributed by atoms with van der Waals surface area (Å²) in [5.41, 5.74) is 5.01. The van der Waals surface area contributed by atoms with Gasteiger partial charge in [-0.25, -0.2) is 0 Å². The summed E-state index contributed by atoms with van der Waals surface area (Å²) in [6, 6.07) is 17.6. The van der Waals surface area contributed by atoms with E-state index in [0.717, 1.165) is 28.3 Å². The summed E-state index contributed by atoms with van der Waals surface area (Å²) in [7, 11) is 0. The van der Waals surface area contributed by atoms with Gasteiger partial charge in [-0.15, -0.1) is 0 Å². The number of aryl methyl sites for hydroxylation is 2. The first kappa shape index (κ1) is 20.1. The molecule has 6 nitrogen and oxygen atoms in total. The molecule has 2 aromatic heterocycles. The molecule has 3 aromatic rings. The van der Waals surface area contributed by atoms with Gasteiger partial charge in [-0.1, -0.05) is 23.8 Å². The molecule has 3 heterocycles. The van der Waals surface area contributed by atoms with Crippen molar-refractivity contribution in [3.8, 4) is 0 Å². The number of nitrogens with one attached hydrogen (secondary N) is 3. The van der Waals surface area contributed by atoms with Crippen molar-refractivity contribution in [3.63, 3.8) is 0 Å². The molecule has 2 unspecified atom stereocenters. The van der Waals surface area contributed by atoms with Crippen LogP contribution in [-0.2, 0) is 4.79 Å². The van der Waals surface area contributed by atoms with E-state index >= 15 is 0 Å². The number of benzene rings is 1. The average molecular weight is 420 g/mol. The molecule has 1 aliphatic heterocycles. The average Bonchev–Trinajstić information content (AvgIpc) is 3.31. The molecule has 154 valence electrons. The van der Waals surface area contributed by atoms with Crippen LogP contribution in [0.2, 0.25) is 0 Å². The first-order chi connectivity index (χ1) is 14.5. The van der Waals surface area contributed by atoms with Gasteiger partial charge in [-0.3, -0.25) is 9.78 Å². The summed E-state index contributed by atoms with van der Waals surface area (Å²) >= 11 is 5.64. The van der Waals surface area contributed by atoms with Crippen LogP contribution in [0, 0.1) is 13.8 Å². The Morgan fingerprint density at radius 1 is 1.13 bits per heavy atom. The van der Waals surface area contributed by atoms with Crippen molar-refractivity contribution in [2.45, 2.75) is 32.4 Å². The monoisotopic (exact) mass is 419 g/mol. The van der Waals surface area contributed by atoms with Gasteiger partial charge in [0.05, 0.1) is 17.8 Å². The second-order valence-corrected chi connectivity index (χ2v) is 7.97.